The molecule has 1 aromatic heterocycles. The number of hydrogen-bond donors (Lipinski definition) is 1. The normalized spacial score (nSPS) is 10.3. The third kappa shape index (κ3) is 3.04. The Bertz CT molecular complexity index is 563. The van der Waals surface area contributed by atoms with E-state index >= 15 is 0 Å². The zero-order valence-corrected chi connectivity index (χ0v) is 10.0. The Hall–Kier alpha value is -1.95. The standard InChI is InChI=1S/C12H9FN2O2S/c13-9-1-2-10(12(16)17)8(5-9)7-18-11-6-14-3-4-15-11/h1-6H,7H2,(H,16,17). The summed E-state index contributed by atoms with van der Waals surface area (Å²) in [5, 5.41) is 9.66. The van der Waals surface area contributed by atoms with Gasteiger partial charge in [-0.05, 0) is 23.8 Å². The molecule has 92 valence electrons. The van der Waals surface area contributed by atoms with Crippen LogP contribution in [0.5, 0.6) is 0 Å². The van der Waals surface area contributed by atoms with Crippen LogP contribution in [-0.4, -0.2) is 21.0 Å². The third-order valence-corrected chi connectivity index (χ3v) is 3.17. The molecule has 0 saturated heterocycles. The van der Waals surface area contributed by atoms with Gasteiger partial charge < -0.3 is 5.11 Å². The molecule has 1 N–H and O–H groups in total. The summed E-state index contributed by atoms with van der Waals surface area (Å²) in [5.74, 6) is -1.18. The molecule has 0 bridgehead atoms. The number of aromatic nitrogens is 2. The lowest BCUT2D eigenvalue weighted by atomic mass is 10.1. The van der Waals surface area contributed by atoms with Crippen LogP contribution in [0.3, 0.4) is 0 Å². The van der Waals surface area contributed by atoms with Gasteiger partial charge in [-0.15, -0.1) is 11.8 Å². The maximum Gasteiger partial charge on any atom is 0.335 e. The van der Waals surface area contributed by atoms with Crippen molar-refractivity contribution in [2.75, 3.05) is 0 Å². The number of carbonyl (C=O) groups is 1. The van der Waals surface area contributed by atoms with Crippen LogP contribution in [-0.2, 0) is 5.75 Å². The molecule has 2 rings (SSSR count). The van der Waals surface area contributed by atoms with Crippen molar-refractivity contribution in [3.8, 4) is 0 Å². The summed E-state index contributed by atoms with van der Waals surface area (Å²) >= 11 is 1.31. The predicted molar refractivity (Wildman–Crippen MR) is 65.0 cm³/mol. The molecule has 0 aliphatic carbocycles. The summed E-state index contributed by atoms with van der Waals surface area (Å²) < 4.78 is 13.1. The van der Waals surface area contributed by atoms with Crippen LogP contribution >= 0.6 is 11.8 Å². The van der Waals surface area contributed by atoms with Gasteiger partial charge in [-0.1, -0.05) is 0 Å². The Kier molecular flexibility index (Phi) is 3.88. The molecule has 0 aliphatic heterocycles. The molecule has 1 heterocycles. The predicted octanol–water partition coefficient (Wildman–Crippen LogP) is 2.61. The van der Waals surface area contributed by atoms with Crippen LogP contribution in [0.2, 0.25) is 0 Å². The quantitative estimate of drug-likeness (QED) is 0.860. The molecule has 2 aromatic rings. The molecule has 0 aliphatic rings. The van der Waals surface area contributed by atoms with Crippen molar-refractivity contribution in [3.63, 3.8) is 0 Å². The summed E-state index contributed by atoms with van der Waals surface area (Å²) in [6.45, 7) is 0. The molecule has 4 nitrogen and oxygen atoms in total. The van der Waals surface area contributed by atoms with E-state index in [0.717, 1.165) is 6.07 Å². The van der Waals surface area contributed by atoms with Gasteiger partial charge >= 0.3 is 5.97 Å². The fourth-order valence-electron chi connectivity index (χ4n) is 1.40. The Morgan fingerprint density at radius 1 is 1.39 bits per heavy atom. The number of aromatic carboxylic acids is 1. The second-order valence-corrected chi connectivity index (χ2v) is 4.43. The van der Waals surface area contributed by atoms with E-state index in [-0.39, 0.29) is 5.56 Å². The minimum absolute atomic E-state index is 0.104. The fraction of sp³-hybridized carbons (Fsp3) is 0.0833. The highest BCUT2D eigenvalue weighted by Crippen LogP contribution is 2.22. The van der Waals surface area contributed by atoms with Crippen molar-refractivity contribution in [1.82, 2.24) is 9.97 Å². The van der Waals surface area contributed by atoms with Crippen molar-refractivity contribution in [1.29, 1.82) is 0 Å². The van der Waals surface area contributed by atoms with Crippen molar-refractivity contribution in [2.45, 2.75) is 10.8 Å². The molecule has 0 radical (unpaired) electrons. The number of hydrogen-bond acceptors (Lipinski definition) is 4. The van der Waals surface area contributed by atoms with E-state index in [9.17, 15) is 9.18 Å². The number of halogens is 1. The number of benzene rings is 1. The smallest absolute Gasteiger partial charge is 0.335 e. The van der Waals surface area contributed by atoms with Crippen LogP contribution in [0.25, 0.3) is 0 Å². The maximum absolute atomic E-state index is 13.1. The van der Waals surface area contributed by atoms with Gasteiger partial charge in [-0.25, -0.2) is 14.2 Å². The van der Waals surface area contributed by atoms with Gasteiger partial charge in [0.25, 0.3) is 0 Å². The van der Waals surface area contributed by atoms with Gasteiger partial charge in [-0.2, -0.15) is 0 Å². The van der Waals surface area contributed by atoms with E-state index in [4.69, 9.17) is 5.11 Å². The van der Waals surface area contributed by atoms with Crippen LogP contribution in [0.4, 0.5) is 4.39 Å². The number of nitrogens with zero attached hydrogens (tertiary/aromatic N) is 2. The van der Waals surface area contributed by atoms with Crippen molar-refractivity contribution in [3.05, 3.63) is 53.7 Å². The Morgan fingerprint density at radius 3 is 2.89 bits per heavy atom. The summed E-state index contributed by atoms with van der Waals surface area (Å²) in [6.07, 6.45) is 4.67. The van der Waals surface area contributed by atoms with Gasteiger partial charge in [0.15, 0.2) is 0 Å². The molecule has 0 atom stereocenters. The maximum atomic E-state index is 13.1. The molecule has 1 aromatic carbocycles. The second-order valence-electron chi connectivity index (χ2n) is 3.44. The lowest BCUT2D eigenvalue weighted by molar-refractivity contribution is 0.0696. The van der Waals surface area contributed by atoms with E-state index in [0.29, 0.717) is 16.3 Å². The highest BCUT2D eigenvalue weighted by molar-refractivity contribution is 7.98. The van der Waals surface area contributed by atoms with E-state index in [1.807, 2.05) is 0 Å². The first-order valence-electron chi connectivity index (χ1n) is 5.07. The van der Waals surface area contributed by atoms with Crippen molar-refractivity contribution in [2.24, 2.45) is 0 Å². The van der Waals surface area contributed by atoms with Gasteiger partial charge in [0, 0.05) is 18.1 Å². The molecule has 0 spiro atoms. The average molecular weight is 264 g/mol. The van der Waals surface area contributed by atoms with Gasteiger partial charge in [-0.3, -0.25) is 4.98 Å². The summed E-state index contributed by atoms with van der Waals surface area (Å²) in [7, 11) is 0. The lowest BCUT2D eigenvalue weighted by Gasteiger charge is -2.05. The molecule has 0 amide bonds. The first-order valence-corrected chi connectivity index (χ1v) is 6.06. The van der Waals surface area contributed by atoms with Crippen molar-refractivity contribution < 1.29 is 14.3 Å². The average Bonchev–Trinajstić information content (AvgIpc) is 2.37. The Balaban J connectivity index is 2.18. The summed E-state index contributed by atoms with van der Waals surface area (Å²) in [4.78, 5) is 18.9. The molecule has 0 saturated carbocycles. The summed E-state index contributed by atoms with van der Waals surface area (Å²) in [5.41, 5.74) is 0.533. The third-order valence-electron chi connectivity index (χ3n) is 2.21. The van der Waals surface area contributed by atoms with Gasteiger partial charge in [0.2, 0.25) is 0 Å². The lowest BCUT2D eigenvalue weighted by Crippen LogP contribution is -2.02. The molecular formula is C12H9FN2O2S. The zero-order chi connectivity index (χ0) is 13.0. The highest BCUT2D eigenvalue weighted by Gasteiger charge is 2.11. The van der Waals surface area contributed by atoms with Crippen molar-refractivity contribution >= 4 is 17.7 Å². The second kappa shape index (κ2) is 5.59. The van der Waals surface area contributed by atoms with E-state index in [2.05, 4.69) is 9.97 Å². The Labute approximate surface area is 107 Å². The van der Waals surface area contributed by atoms with Crippen LogP contribution in [0.1, 0.15) is 15.9 Å². The monoisotopic (exact) mass is 264 g/mol. The van der Waals surface area contributed by atoms with Crippen LogP contribution < -0.4 is 0 Å². The van der Waals surface area contributed by atoms with Gasteiger partial charge in [0.05, 0.1) is 11.8 Å². The highest BCUT2D eigenvalue weighted by atomic mass is 32.2. The molecule has 18 heavy (non-hydrogen) atoms. The minimum Gasteiger partial charge on any atom is -0.478 e. The number of thioether (sulfide) groups is 1. The largest absolute Gasteiger partial charge is 0.478 e. The van der Waals surface area contributed by atoms with Crippen LogP contribution in [0.15, 0.2) is 41.8 Å². The minimum atomic E-state index is -1.07. The molecular weight excluding hydrogens is 255 g/mol. The SMILES string of the molecule is O=C(O)c1ccc(F)cc1CSc1cnccn1. The van der Waals surface area contributed by atoms with E-state index in [1.165, 1.54) is 23.9 Å². The fourth-order valence-corrected chi connectivity index (χ4v) is 2.21. The van der Waals surface area contributed by atoms with E-state index < -0.39 is 11.8 Å². The Morgan fingerprint density at radius 2 is 2.22 bits per heavy atom. The summed E-state index contributed by atoms with van der Waals surface area (Å²) in [6, 6.07) is 3.64. The van der Waals surface area contributed by atoms with Gasteiger partial charge in [0.1, 0.15) is 10.8 Å². The van der Waals surface area contributed by atoms with Crippen LogP contribution in [0, 0.1) is 5.82 Å². The number of carboxylic acid groups (broad SMARTS) is 1. The number of rotatable bonds is 4. The topological polar surface area (TPSA) is 63.1 Å². The molecule has 6 heteroatoms. The molecule has 0 unspecified atom stereocenters. The first-order chi connectivity index (χ1) is 8.66. The number of carboxylic acids is 1. The van der Waals surface area contributed by atoms with E-state index in [1.54, 1.807) is 18.6 Å². The zero-order valence-electron chi connectivity index (χ0n) is 9.21. The first kappa shape index (κ1) is 12.5. The molecule has 0 fully saturated rings.